The van der Waals surface area contributed by atoms with Gasteiger partial charge in [0.2, 0.25) is 5.78 Å². The van der Waals surface area contributed by atoms with E-state index in [2.05, 4.69) is 0 Å². The van der Waals surface area contributed by atoms with Gasteiger partial charge in [-0.2, -0.15) is 0 Å². The van der Waals surface area contributed by atoms with Gasteiger partial charge in [0.25, 0.3) is 5.91 Å². The highest BCUT2D eigenvalue weighted by Gasteiger charge is 2.64. The number of benzene rings is 1. The average molecular weight is 457 g/mol. The Bertz CT molecular complexity index is 1170. The minimum Gasteiger partial charge on any atom is -0.508 e. The number of anilines is 1. The average Bonchev–Trinajstić information content (AvgIpc) is 2.70. The fraction of sp³-hybridized carbons (Fsp3) is 0.435. The number of hydrogen-bond acceptors (Lipinski definition) is 9. The van der Waals surface area contributed by atoms with Gasteiger partial charge in [-0.15, -0.1) is 0 Å². The highest BCUT2D eigenvalue weighted by Crippen LogP contribution is 2.53. The molecule has 0 radical (unpaired) electrons. The number of ketones is 2. The maximum absolute atomic E-state index is 13.7. The third-order valence-corrected chi connectivity index (χ3v) is 7.06. The number of carbonyl (C=O) groups excluding carboxylic acids is 3. The van der Waals surface area contributed by atoms with Gasteiger partial charge in [-0.05, 0) is 50.6 Å². The van der Waals surface area contributed by atoms with E-state index in [1.807, 2.05) is 19.0 Å². The van der Waals surface area contributed by atoms with Crippen molar-refractivity contribution in [2.75, 3.05) is 33.1 Å². The molecule has 3 aliphatic carbocycles. The first kappa shape index (κ1) is 22.8. The molecule has 1 aromatic carbocycles. The molecule has 3 aliphatic rings. The van der Waals surface area contributed by atoms with Gasteiger partial charge < -0.3 is 31.1 Å². The SMILES string of the molecule is CN(C)c1ccc(O)c2c1C[C@@H]1C[C@H]3[C@@H](N(C)C)C(=O)C(C(N)=O)=C(O)[C@]3(O)C(=O)C1=C2O. The Morgan fingerprint density at radius 1 is 1.12 bits per heavy atom. The minimum absolute atomic E-state index is 0.0638. The van der Waals surface area contributed by atoms with Crippen molar-refractivity contribution in [2.45, 2.75) is 24.5 Å². The summed E-state index contributed by atoms with van der Waals surface area (Å²) in [4.78, 5) is 42.0. The van der Waals surface area contributed by atoms with Gasteiger partial charge >= 0.3 is 0 Å². The maximum atomic E-state index is 13.7. The Labute approximate surface area is 190 Å². The molecule has 4 rings (SSSR count). The zero-order valence-corrected chi connectivity index (χ0v) is 18.8. The van der Waals surface area contributed by atoms with E-state index in [-0.39, 0.29) is 29.7 Å². The van der Waals surface area contributed by atoms with Crippen molar-refractivity contribution >= 4 is 28.9 Å². The van der Waals surface area contributed by atoms with Crippen LogP contribution in [0, 0.1) is 11.8 Å². The largest absolute Gasteiger partial charge is 0.508 e. The number of carbonyl (C=O) groups is 3. The van der Waals surface area contributed by atoms with Crippen LogP contribution in [0.15, 0.2) is 29.0 Å². The van der Waals surface area contributed by atoms with Gasteiger partial charge in [-0.3, -0.25) is 19.3 Å². The Morgan fingerprint density at radius 2 is 1.76 bits per heavy atom. The molecule has 0 saturated heterocycles. The number of phenols is 1. The van der Waals surface area contributed by atoms with Crippen molar-refractivity contribution in [1.82, 2.24) is 4.90 Å². The van der Waals surface area contributed by atoms with Crippen LogP contribution >= 0.6 is 0 Å². The lowest BCUT2D eigenvalue weighted by atomic mass is 9.57. The smallest absolute Gasteiger partial charge is 0.255 e. The Kier molecular flexibility index (Phi) is 5.06. The topological polar surface area (TPSA) is 165 Å². The molecular weight excluding hydrogens is 430 g/mol. The molecule has 0 heterocycles. The summed E-state index contributed by atoms with van der Waals surface area (Å²) in [6.07, 6.45) is 0.324. The van der Waals surface area contributed by atoms with Crippen LogP contribution in [-0.2, 0) is 20.8 Å². The van der Waals surface area contributed by atoms with E-state index >= 15 is 0 Å². The van der Waals surface area contributed by atoms with Gasteiger partial charge in [-0.25, -0.2) is 0 Å². The normalized spacial score (nSPS) is 29.1. The highest BCUT2D eigenvalue weighted by atomic mass is 16.3. The molecule has 1 amide bonds. The van der Waals surface area contributed by atoms with E-state index in [1.165, 1.54) is 11.0 Å². The number of Topliss-reactive ketones (excluding diaryl/α,β-unsaturated/α-hetero) is 2. The lowest BCUT2D eigenvalue weighted by Gasteiger charge is -2.50. The number of aromatic hydroxyl groups is 1. The van der Waals surface area contributed by atoms with Crippen LogP contribution in [0.4, 0.5) is 5.69 Å². The summed E-state index contributed by atoms with van der Waals surface area (Å²) in [5.74, 6) is -6.54. The first-order valence-electron chi connectivity index (χ1n) is 10.5. The number of phenolic OH excluding ortho intramolecular Hbond substituents is 1. The van der Waals surface area contributed by atoms with Crippen LogP contribution in [0.3, 0.4) is 0 Å². The third-order valence-electron chi connectivity index (χ3n) is 7.06. The maximum Gasteiger partial charge on any atom is 0.255 e. The van der Waals surface area contributed by atoms with E-state index in [9.17, 15) is 34.8 Å². The van der Waals surface area contributed by atoms with Gasteiger partial charge in [-0.1, -0.05) is 0 Å². The number of nitrogens with zero attached hydrogens (tertiary/aromatic N) is 2. The molecule has 10 nitrogen and oxygen atoms in total. The fourth-order valence-corrected chi connectivity index (χ4v) is 5.65. The number of hydrogen-bond donors (Lipinski definition) is 5. The fourth-order valence-electron chi connectivity index (χ4n) is 5.65. The van der Waals surface area contributed by atoms with E-state index in [4.69, 9.17) is 5.73 Å². The lowest BCUT2D eigenvalue weighted by molar-refractivity contribution is -0.153. The monoisotopic (exact) mass is 457 g/mol. The van der Waals surface area contributed by atoms with Crippen molar-refractivity contribution in [1.29, 1.82) is 0 Å². The summed E-state index contributed by atoms with van der Waals surface area (Å²) < 4.78 is 0. The second-order valence-electron chi connectivity index (χ2n) is 9.31. The molecule has 0 spiro atoms. The quantitative estimate of drug-likeness (QED) is 0.394. The lowest BCUT2D eigenvalue weighted by Crippen LogP contribution is -2.65. The van der Waals surface area contributed by atoms with E-state index < -0.39 is 58.0 Å². The van der Waals surface area contributed by atoms with Crippen molar-refractivity contribution in [2.24, 2.45) is 17.6 Å². The second-order valence-corrected chi connectivity index (χ2v) is 9.31. The summed E-state index contributed by atoms with van der Waals surface area (Å²) in [6.45, 7) is 0. The third kappa shape index (κ3) is 2.90. The molecule has 1 aromatic rings. The zero-order chi connectivity index (χ0) is 24.6. The van der Waals surface area contributed by atoms with Crippen molar-refractivity contribution in [3.8, 4) is 5.75 Å². The number of fused-ring (bicyclic) bond motifs is 3. The molecule has 1 fully saturated rings. The molecular formula is C23H27N3O7. The molecule has 4 atom stereocenters. The Hall–Kier alpha value is -3.37. The number of rotatable bonds is 3. The van der Waals surface area contributed by atoms with Crippen molar-refractivity contribution < 1.29 is 34.8 Å². The summed E-state index contributed by atoms with van der Waals surface area (Å²) in [7, 11) is 6.75. The molecule has 10 heteroatoms. The zero-order valence-electron chi connectivity index (χ0n) is 18.8. The predicted molar refractivity (Wildman–Crippen MR) is 119 cm³/mol. The standard InChI is InChI=1S/C23H27N3O7/c1-25(2)12-5-6-13(27)15-10(12)7-9-8-11-17(26(3)4)19(29)16(22(24)32)21(31)23(11,33)20(30)14(9)18(15)28/h5-6,9,11,17,27-28,31,33H,7-8H2,1-4H3,(H2,24,32)/t9-,11+,17-,23-/m1/s1. The Balaban J connectivity index is 1.99. The molecule has 0 unspecified atom stereocenters. The summed E-state index contributed by atoms with van der Waals surface area (Å²) in [6, 6.07) is 2.01. The number of amides is 1. The van der Waals surface area contributed by atoms with Gasteiger partial charge in [0.1, 0.15) is 22.8 Å². The first-order chi connectivity index (χ1) is 15.3. The predicted octanol–water partition coefficient (Wildman–Crippen LogP) is 0.0300. The van der Waals surface area contributed by atoms with Crippen molar-refractivity contribution in [3.63, 3.8) is 0 Å². The second kappa shape index (κ2) is 7.32. The number of aliphatic hydroxyl groups is 3. The molecule has 33 heavy (non-hydrogen) atoms. The minimum atomic E-state index is -2.63. The first-order valence-corrected chi connectivity index (χ1v) is 10.5. The number of nitrogens with two attached hydrogens (primary N) is 1. The Morgan fingerprint density at radius 3 is 2.30 bits per heavy atom. The molecule has 1 saturated carbocycles. The van der Waals surface area contributed by atoms with E-state index in [1.54, 1.807) is 20.2 Å². The van der Waals surface area contributed by atoms with Crippen molar-refractivity contribution in [3.05, 3.63) is 40.2 Å². The molecule has 176 valence electrons. The molecule has 0 aliphatic heterocycles. The number of likely N-dealkylation sites (N-methyl/N-ethyl adjacent to an activating group) is 1. The molecule has 0 bridgehead atoms. The van der Waals surface area contributed by atoms with Crippen LogP contribution in [-0.4, -0.2) is 82.6 Å². The van der Waals surface area contributed by atoms with Crippen LogP contribution in [0.25, 0.3) is 5.76 Å². The van der Waals surface area contributed by atoms with E-state index in [0.29, 0.717) is 5.56 Å². The van der Waals surface area contributed by atoms with Gasteiger partial charge in [0.05, 0.1) is 11.6 Å². The summed E-state index contributed by atoms with van der Waals surface area (Å²) >= 11 is 0. The van der Waals surface area contributed by atoms with Crippen LogP contribution in [0.2, 0.25) is 0 Å². The van der Waals surface area contributed by atoms with Crippen LogP contribution in [0.5, 0.6) is 5.75 Å². The summed E-state index contributed by atoms with van der Waals surface area (Å²) in [5.41, 5.74) is 3.15. The number of primary amides is 1. The van der Waals surface area contributed by atoms with Crippen LogP contribution < -0.4 is 10.6 Å². The number of aliphatic hydroxyl groups excluding tert-OH is 2. The van der Waals surface area contributed by atoms with E-state index in [0.717, 1.165) is 5.69 Å². The van der Waals surface area contributed by atoms with Gasteiger partial charge in [0.15, 0.2) is 11.4 Å². The van der Waals surface area contributed by atoms with Gasteiger partial charge in [0, 0.05) is 31.3 Å². The highest BCUT2D eigenvalue weighted by molar-refractivity contribution is 6.24. The van der Waals surface area contributed by atoms with Crippen LogP contribution in [0.1, 0.15) is 17.5 Å². The summed E-state index contributed by atoms with van der Waals surface area (Å²) in [5, 5.41) is 43.9. The molecule has 6 N–H and O–H groups in total. The molecule has 0 aromatic heterocycles.